The number of rotatable bonds is 5. The van der Waals surface area contributed by atoms with Gasteiger partial charge in [-0.25, -0.2) is 4.98 Å². The zero-order chi connectivity index (χ0) is 17.8. The number of nitrogens with one attached hydrogen (secondary N) is 1. The van der Waals surface area contributed by atoms with Crippen LogP contribution in [0.3, 0.4) is 0 Å². The molecule has 4 aromatic rings. The maximum Gasteiger partial charge on any atom is 0.251 e. The van der Waals surface area contributed by atoms with Gasteiger partial charge in [-0.1, -0.05) is 66.7 Å². The second-order valence-electron chi connectivity index (χ2n) is 6.04. The van der Waals surface area contributed by atoms with Gasteiger partial charge in [-0.15, -0.1) is 11.3 Å². The fourth-order valence-corrected chi connectivity index (χ4v) is 3.82. The monoisotopic (exact) mass is 358 g/mol. The summed E-state index contributed by atoms with van der Waals surface area (Å²) >= 11 is 1.64. The minimum Gasteiger partial charge on any atom is -0.352 e. The van der Waals surface area contributed by atoms with Gasteiger partial charge in [-0.05, 0) is 16.8 Å². The summed E-state index contributed by atoms with van der Waals surface area (Å²) in [5.74, 6) is -0.0414. The zero-order valence-corrected chi connectivity index (χ0v) is 15.0. The zero-order valence-electron chi connectivity index (χ0n) is 14.2. The lowest BCUT2D eigenvalue weighted by Crippen LogP contribution is -2.25. The summed E-state index contributed by atoms with van der Waals surface area (Å²) in [5.41, 5.74) is 2.85. The van der Waals surface area contributed by atoms with Crippen LogP contribution in [0.15, 0.2) is 78.2 Å². The van der Waals surface area contributed by atoms with Crippen molar-refractivity contribution in [2.45, 2.75) is 6.42 Å². The van der Waals surface area contributed by atoms with E-state index in [4.69, 9.17) is 0 Å². The van der Waals surface area contributed by atoms with Gasteiger partial charge >= 0.3 is 0 Å². The Labute approximate surface area is 156 Å². The Balaban J connectivity index is 1.40. The van der Waals surface area contributed by atoms with Crippen molar-refractivity contribution in [3.05, 3.63) is 89.4 Å². The van der Waals surface area contributed by atoms with Crippen LogP contribution in [0.2, 0.25) is 0 Å². The van der Waals surface area contributed by atoms with Crippen molar-refractivity contribution in [2.24, 2.45) is 0 Å². The Bertz CT molecular complexity index is 1030. The van der Waals surface area contributed by atoms with E-state index in [0.29, 0.717) is 12.1 Å². The van der Waals surface area contributed by atoms with Crippen molar-refractivity contribution >= 4 is 28.0 Å². The molecule has 0 spiro atoms. The average molecular weight is 358 g/mol. The number of carbonyl (C=O) groups excluding carboxylic acids is 1. The lowest BCUT2D eigenvalue weighted by molar-refractivity contribution is 0.0955. The van der Waals surface area contributed by atoms with Crippen LogP contribution in [-0.4, -0.2) is 17.4 Å². The van der Waals surface area contributed by atoms with Gasteiger partial charge in [-0.2, -0.15) is 0 Å². The van der Waals surface area contributed by atoms with Crippen LogP contribution in [0.1, 0.15) is 16.1 Å². The third-order valence-electron chi connectivity index (χ3n) is 4.27. The lowest BCUT2D eigenvalue weighted by Gasteiger charge is -2.07. The van der Waals surface area contributed by atoms with E-state index >= 15 is 0 Å². The SMILES string of the molecule is O=C(NCCc1csc(-c2ccccc2)n1)c1cccc2ccccc12. The number of hydrogen-bond acceptors (Lipinski definition) is 3. The molecule has 0 aliphatic carbocycles. The highest BCUT2D eigenvalue weighted by atomic mass is 32.1. The molecule has 1 heterocycles. The molecule has 0 atom stereocenters. The predicted molar refractivity (Wildman–Crippen MR) is 108 cm³/mol. The third kappa shape index (κ3) is 3.51. The number of hydrogen-bond donors (Lipinski definition) is 1. The summed E-state index contributed by atoms with van der Waals surface area (Å²) < 4.78 is 0. The van der Waals surface area contributed by atoms with Gasteiger partial charge in [0.15, 0.2) is 0 Å². The maximum absolute atomic E-state index is 12.5. The van der Waals surface area contributed by atoms with E-state index in [1.54, 1.807) is 11.3 Å². The van der Waals surface area contributed by atoms with Crippen molar-refractivity contribution in [1.29, 1.82) is 0 Å². The molecule has 0 unspecified atom stereocenters. The summed E-state index contributed by atoms with van der Waals surface area (Å²) in [5, 5.41) is 8.15. The molecular weight excluding hydrogens is 340 g/mol. The first-order valence-electron chi connectivity index (χ1n) is 8.57. The van der Waals surface area contributed by atoms with Gasteiger partial charge in [0, 0.05) is 29.5 Å². The van der Waals surface area contributed by atoms with E-state index in [9.17, 15) is 4.79 Å². The van der Waals surface area contributed by atoms with Crippen LogP contribution in [0.25, 0.3) is 21.3 Å². The van der Waals surface area contributed by atoms with Gasteiger partial charge in [0.25, 0.3) is 5.91 Å². The molecule has 1 amide bonds. The molecular formula is C22H18N2OS. The van der Waals surface area contributed by atoms with Gasteiger partial charge in [0.1, 0.15) is 5.01 Å². The second-order valence-corrected chi connectivity index (χ2v) is 6.90. The highest BCUT2D eigenvalue weighted by molar-refractivity contribution is 7.13. The minimum absolute atomic E-state index is 0.0414. The predicted octanol–water partition coefficient (Wildman–Crippen LogP) is 4.94. The Morgan fingerprint density at radius 1 is 0.923 bits per heavy atom. The third-order valence-corrected chi connectivity index (χ3v) is 5.21. The van der Waals surface area contributed by atoms with Gasteiger partial charge in [0.05, 0.1) is 5.69 Å². The van der Waals surface area contributed by atoms with Crippen molar-refractivity contribution < 1.29 is 4.79 Å². The van der Waals surface area contributed by atoms with Gasteiger partial charge in [0.2, 0.25) is 0 Å². The largest absolute Gasteiger partial charge is 0.352 e. The van der Waals surface area contributed by atoms with E-state index in [-0.39, 0.29) is 5.91 Å². The first-order chi connectivity index (χ1) is 12.8. The standard InChI is InChI=1S/C22H18N2OS/c25-21(20-12-6-10-16-7-4-5-11-19(16)20)23-14-13-18-15-26-22(24-18)17-8-2-1-3-9-17/h1-12,15H,13-14H2,(H,23,25). The fourth-order valence-electron chi connectivity index (χ4n) is 2.96. The molecule has 3 nitrogen and oxygen atoms in total. The van der Waals surface area contributed by atoms with Gasteiger partial charge in [-0.3, -0.25) is 4.79 Å². The van der Waals surface area contributed by atoms with Crippen LogP contribution in [0.5, 0.6) is 0 Å². The smallest absolute Gasteiger partial charge is 0.251 e. The van der Waals surface area contributed by atoms with Crippen LogP contribution < -0.4 is 5.32 Å². The molecule has 0 radical (unpaired) electrons. The molecule has 0 aliphatic rings. The minimum atomic E-state index is -0.0414. The van der Waals surface area contributed by atoms with Crippen molar-refractivity contribution in [3.63, 3.8) is 0 Å². The molecule has 1 N–H and O–H groups in total. The van der Waals surface area contributed by atoms with Crippen molar-refractivity contribution in [3.8, 4) is 10.6 Å². The first kappa shape index (κ1) is 16.5. The number of nitrogens with zero attached hydrogens (tertiary/aromatic N) is 1. The highest BCUT2D eigenvalue weighted by Crippen LogP contribution is 2.23. The summed E-state index contributed by atoms with van der Waals surface area (Å²) in [6.07, 6.45) is 0.722. The molecule has 26 heavy (non-hydrogen) atoms. The van der Waals surface area contributed by atoms with E-state index in [0.717, 1.165) is 33.5 Å². The highest BCUT2D eigenvalue weighted by Gasteiger charge is 2.10. The second kappa shape index (κ2) is 7.50. The Morgan fingerprint density at radius 3 is 2.58 bits per heavy atom. The van der Waals surface area contributed by atoms with E-state index < -0.39 is 0 Å². The summed E-state index contributed by atoms with van der Waals surface area (Å²) in [7, 11) is 0. The topological polar surface area (TPSA) is 42.0 Å². The number of amides is 1. The number of aromatic nitrogens is 1. The molecule has 0 saturated carbocycles. The Kier molecular flexibility index (Phi) is 4.75. The number of benzene rings is 3. The number of carbonyl (C=O) groups is 1. The molecule has 4 heteroatoms. The Morgan fingerprint density at radius 2 is 1.69 bits per heavy atom. The summed E-state index contributed by atoms with van der Waals surface area (Å²) in [6, 6.07) is 23.9. The van der Waals surface area contributed by atoms with E-state index in [2.05, 4.69) is 27.8 Å². The average Bonchev–Trinajstić information content (AvgIpc) is 3.17. The van der Waals surface area contributed by atoms with Crippen molar-refractivity contribution in [2.75, 3.05) is 6.54 Å². The maximum atomic E-state index is 12.5. The number of fused-ring (bicyclic) bond motifs is 1. The van der Waals surface area contributed by atoms with Crippen molar-refractivity contribution in [1.82, 2.24) is 10.3 Å². The Hall–Kier alpha value is -2.98. The van der Waals surface area contributed by atoms with E-state index in [1.165, 1.54) is 0 Å². The molecule has 0 aliphatic heterocycles. The first-order valence-corrected chi connectivity index (χ1v) is 9.45. The summed E-state index contributed by atoms with van der Waals surface area (Å²) in [4.78, 5) is 17.2. The van der Waals surface area contributed by atoms with Crippen LogP contribution >= 0.6 is 11.3 Å². The van der Waals surface area contributed by atoms with E-state index in [1.807, 2.05) is 60.7 Å². The molecule has 3 aromatic carbocycles. The quantitative estimate of drug-likeness (QED) is 0.549. The number of thiazole rings is 1. The van der Waals surface area contributed by atoms with Crippen LogP contribution in [0, 0.1) is 0 Å². The van der Waals surface area contributed by atoms with Crippen LogP contribution in [0.4, 0.5) is 0 Å². The molecule has 0 fully saturated rings. The van der Waals surface area contributed by atoms with Gasteiger partial charge < -0.3 is 5.32 Å². The molecule has 4 rings (SSSR count). The molecule has 1 aromatic heterocycles. The normalized spacial score (nSPS) is 10.8. The molecule has 0 saturated heterocycles. The summed E-state index contributed by atoms with van der Waals surface area (Å²) in [6.45, 7) is 0.569. The molecule has 0 bridgehead atoms. The molecule has 128 valence electrons. The fraction of sp³-hybridized carbons (Fsp3) is 0.0909. The van der Waals surface area contributed by atoms with Crippen LogP contribution in [-0.2, 0) is 6.42 Å². The lowest BCUT2D eigenvalue weighted by atomic mass is 10.0.